The Morgan fingerprint density at radius 2 is 2.33 bits per heavy atom. The van der Waals surface area contributed by atoms with E-state index in [9.17, 15) is 9.59 Å². The van der Waals surface area contributed by atoms with Gasteiger partial charge in [0.05, 0.1) is 0 Å². The average molecular weight is 215 g/mol. The van der Waals surface area contributed by atoms with Gasteiger partial charge in [-0.1, -0.05) is 0 Å². The van der Waals surface area contributed by atoms with E-state index in [4.69, 9.17) is 4.74 Å². The van der Waals surface area contributed by atoms with Gasteiger partial charge in [0.25, 0.3) is 0 Å². The van der Waals surface area contributed by atoms with Crippen LogP contribution in [0.3, 0.4) is 0 Å². The van der Waals surface area contributed by atoms with Crippen molar-refractivity contribution in [2.45, 2.75) is 6.04 Å². The first-order valence-corrected chi connectivity index (χ1v) is 4.91. The van der Waals surface area contributed by atoms with Crippen molar-refractivity contribution in [1.82, 2.24) is 15.5 Å². The summed E-state index contributed by atoms with van der Waals surface area (Å²) in [5.74, 6) is -0.292. The summed E-state index contributed by atoms with van der Waals surface area (Å²) in [6.45, 7) is 1.77. The van der Waals surface area contributed by atoms with Gasteiger partial charge >= 0.3 is 0 Å². The van der Waals surface area contributed by atoms with Crippen LogP contribution in [0.4, 0.5) is 0 Å². The highest BCUT2D eigenvalue weighted by Gasteiger charge is 2.30. The third-order valence-electron chi connectivity index (χ3n) is 2.38. The number of carbonyl (C=O) groups is 2. The van der Waals surface area contributed by atoms with E-state index in [-0.39, 0.29) is 18.4 Å². The number of carbonyl (C=O) groups excluding carboxylic acids is 2. The van der Waals surface area contributed by atoms with E-state index >= 15 is 0 Å². The zero-order valence-electron chi connectivity index (χ0n) is 9.08. The number of hydrogen-bond acceptors (Lipinski definition) is 4. The highest BCUT2D eigenvalue weighted by atomic mass is 16.5. The summed E-state index contributed by atoms with van der Waals surface area (Å²) in [5, 5.41) is 5.63. The Bertz CT molecular complexity index is 245. The van der Waals surface area contributed by atoms with Gasteiger partial charge in [-0.05, 0) is 0 Å². The molecule has 1 fully saturated rings. The molecule has 0 aliphatic carbocycles. The molecule has 1 aliphatic heterocycles. The molecule has 2 N–H and O–H groups in total. The fraction of sp³-hybridized carbons (Fsp3) is 0.778. The van der Waals surface area contributed by atoms with Crippen molar-refractivity contribution >= 4 is 11.8 Å². The number of hydrogen-bond donors (Lipinski definition) is 2. The first kappa shape index (κ1) is 11.9. The van der Waals surface area contributed by atoms with E-state index in [1.807, 2.05) is 0 Å². The molecule has 15 heavy (non-hydrogen) atoms. The molecular weight excluding hydrogens is 198 g/mol. The van der Waals surface area contributed by atoms with Gasteiger partial charge in [0.2, 0.25) is 11.8 Å². The minimum Gasteiger partial charge on any atom is -0.375 e. The molecule has 0 unspecified atom stereocenters. The van der Waals surface area contributed by atoms with Crippen LogP contribution in [-0.2, 0) is 14.3 Å². The Balaban J connectivity index is 2.65. The molecule has 1 aliphatic rings. The Morgan fingerprint density at radius 1 is 1.60 bits per heavy atom. The second-order valence-corrected chi connectivity index (χ2v) is 3.35. The van der Waals surface area contributed by atoms with E-state index in [0.717, 1.165) is 0 Å². The monoisotopic (exact) mass is 215 g/mol. The van der Waals surface area contributed by atoms with Crippen molar-refractivity contribution in [3.8, 4) is 0 Å². The molecular formula is C9H17N3O3. The Hall–Kier alpha value is -1.14. The number of piperazine rings is 1. The number of rotatable bonds is 3. The molecule has 0 spiro atoms. The van der Waals surface area contributed by atoms with Gasteiger partial charge in [-0.3, -0.25) is 9.59 Å². The van der Waals surface area contributed by atoms with Crippen LogP contribution in [0.2, 0.25) is 0 Å². The van der Waals surface area contributed by atoms with Crippen molar-refractivity contribution in [2.75, 3.05) is 40.4 Å². The smallest absolute Gasteiger partial charge is 0.249 e. The molecule has 6 heteroatoms. The summed E-state index contributed by atoms with van der Waals surface area (Å²) in [7, 11) is 3.03. The molecule has 6 nitrogen and oxygen atoms in total. The number of nitrogens with zero attached hydrogens (tertiary/aromatic N) is 1. The molecule has 0 aromatic heterocycles. The maximum absolute atomic E-state index is 11.6. The number of ether oxygens (including phenoxy) is 1. The van der Waals surface area contributed by atoms with Crippen LogP contribution < -0.4 is 10.6 Å². The van der Waals surface area contributed by atoms with Crippen LogP contribution in [0.25, 0.3) is 0 Å². The first-order chi connectivity index (χ1) is 7.20. The number of amides is 2. The summed E-state index contributed by atoms with van der Waals surface area (Å²) in [6, 6.07) is -0.425. The maximum Gasteiger partial charge on any atom is 0.249 e. The molecule has 0 aromatic rings. The zero-order chi connectivity index (χ0) is 11.3. The lowest BCUT2D eigenvalue weighted by atomic mass is 10.1. The van der Waals surface area contributed by atoms with Crippen LogP contribution in [0, 0.1) is 0 Å². The first-order valence-electron chi connectivity index (χ1n) is 4.91. The van der Waals surface area contributed by atoms with E-state index in [1.54, 1.807) is 11.9 Å². The van der Waals surface area contributed by atoms with E-state index in [1.165, 1.54) is 7.11 Å². The molecule has 1 saturated heterocycles. The summed E-state index contributed by atoms with van der Waals surface area (Å²) in [5.41, 5.74) is 0. The second-order valence-electron chi connectivity index (χ2n) is 3.35. The van der Waals surface area contributed by atoms with Gasteiger partial charge in [-0.25, -0.2) is 0 Å². The maximum atomic E-state index is 11.6. The van der Waals surface area contributed by atoms with Crippen molar-refractivity contribution in [2.24, 2.45) is 0 Å². The number of nitrogens with one attached hydrogen (secondary N) is 2. The molecule has 0 radical (unpaired) electrons. The normalized spacial score (nSPS) is 21.2. The Labute approximate surface area is 88.9 Å². The summed E-state index contributed by atoms with van der Waals surface area (Å²) in [4.78, 5) is 24.7. The molecule has 1 rings (SSSR count). The highest BCUT2D eigenvalue weighted by molar-refractivity contribution is 5.88. The minimum atomic E-state index is -0.425. The lowest BCUT2D eigenvalue weighted by Crippen LogP contribution is -2.59. The fourth-order valence-electron chi connectivity index (χ4n) is 1.61. The van der Waals surface area contributed by atoms with Gasteiger partial charge in [0, 0.05) is 33.8 Å². The SMILES string of the molecule is CNC(=O)[C@@H]1CNCCN1C(=O)COC. The molecule has 1 atom stereocenters. The van der Waals surface area contributed by atoms with Gasteiger partial charge in [-0.15, -0.1) is 0 Å². The van der Waals surface area contributed by atoms with Crippen LogP contribution in [0.1, 0.15) is 0 Å². The molecule has 0 aromatic carbocycles. The third-order valence-corrected chi connectivity index (χ3v) is 2.38. The molecule has 2 amide bonds. The lowest BCUT2D eigenvalue weighted by molar-refractivity contribution is -0.144. The second kappa shape index (κ2) is 5.67. The number of likely N-dealkylation sites (N-methyl/N-ethyl adjacent to an activating group) is 1. The van der Waals surface area contributed by atoms with Gasteiger partial charge in [0.1, 0.15) is 12.6 Å². The Morgan fingerprint density at radius 3 is 2.93 bits per heavy atom. The van der Waals surface area contributed by atoms with Crippen molar-refractivity contribution in [1.29, 1.82) is 0 Å². The average Bonchev–Trinajstić information content (AvgIpc) is 2.28. The van der Waals surface area contributed by atoms with Gasteiger partial charge in [0.15, 0.2) is 0 Å². The minimum absolute atomic E-state index is 0.0213. The van der Waals surface area contributed by atoms with E-state index in [0.29, 0.717) is 19.6 Å². The standard InChI is InChI=1S/C9H17N3O3/c1-10-9(14)7-5-11-3-4-12(7)8(13)6-15-2/h7,11H,3-6H2,1-2H3,(H,10,14)/t7-/m0/s1. The van der Waals surface area contributed by atoms with Crippen LogP contribution in [0.15, 0.2) is 0 Å². The fourth-order valence-corrected chi connectivity index (χ4v) is 1.61. The van der Waals surface area contributed by atoms with E-state index in [2.05, 4.69) is 10.6 Å². The largest absolute Gasteiger partial charge is 0.375 e. The Kier molecular flexibility index (Phi) is 4.51. The van der Waals surface area contributed by atoms with Gasteiger partial charge in [-0.2, -0.15) is 0 Å². The quantitative estimate of drug-likeness (QED) is 0.581. The highest BCUT2D eigenvalue weighted by Crippen LogP contribution is 2.04. The van der Waals surface area contributed by atoms with Crippen LogP contribution in [-0.4, -0.2) is 63.2 Å². The topological polar surface area (TPSA) is 70.7 Å². The summed E-state index contributed by atoms with van der Waals surface area (Å²) >= 11 is 0. The zero-order valence-corrected chi connectivity index (χ0v) is 9.08. The molecule has 86 valence electrons. The summed E-state index contributed by atoms with van der Waals surface area (Å²) < 4.78 is 4.78. The van der Waals surface area contributed by atoms with Crippen molar-refractivity contribution in [3.63, 3.8) is 0 Å². The molecule has 0 saturated carbocycles. The van der Waals surface area contributed by atoms with Crippen LogP contribution in [0.5, 0.6) is 0 Å². The predicted molar refractivity (Wildman–Crippen MR) is 54.3 cm³/mol. The van der Waals surface area contributed by atoms with E-state index < -0.39 is 6.04 Å². The summed E-state index contributed by atoms with van der Waals surface area (Å²) in [6.07, 6.45) is 0. The van der Waals surface area contributed by atoms with Crippen LogP contribution >= 0.6 is 0 Å². The van der Waals surface area contributed by atoms with Gasteiger partial charge < -0.3 is 20.3 Å². The number of methoxy groups -OCH3 is 1. The molecule has 0 bridgehead atoms. The third kappa shape index (κ3) is 2.90. The molecule has 1 heterocycles. The van der Waals surface area contributed by atoms with Crippen molar-refractivity contribution < 1.29 is 14.3 Å². The predicted octanol–water partition coefficient (Wildman–Crippen LogP) is -1.82. The van der Waals surface area contributed by atoms with Crippen molar-refractivity contribution in [3.05, 3.63) is 0 Å². The lowest BCUT2D eigenvalue weighted by Gasteiger charge is -2.34.